The van der Waals surface area contributed by atoms with E-state index in [1.165, 1.54) is 37.9 Å². The topological polar surface area (TPSA) is 41.1 Å². The summed E-state index contributed by atoms with van der Waals surface area (Å²) in [7, 11) is 1.73. The van der Waals surface area contributed by atoms with Gasteiger partial charge < -0.3 is 9.72 Å². The Morgan fingerprint density at radius 2 is 2.36 bits per heavy atom. The van der Waals surface area contributed by atoms with Gasteiger partial charge in [-0.05, 0) is 55.8 Å². The SMILES string of the molecule is COc1cccc(CC[C@@H]2CCCN(Cc3ncc[nH]3)C2)c1. The number of aryl methyl sites for hydroxylation is 1. The second-order valence-corrected chi connectivity index (χ2v) is 6.17. The van der Waals surface area contributed by atoms with Crippen LogP contribution in [0.5, 0.6) is 5.75 Å². The molecule has 1 aromatic carbocycles. The molecule has 1 aliphatic rings. The Bertz CT molecular complexity index is 567. The highest BCUT2D eigenvalue weighted by Crippen LogP contribution is 2.23. The first kappa shape index (κ1) is 15.1. The van der Waals surface area contributed by atoms with Crippen LogP contribution < -0.4 is 4.74 Å². The molecule has 1 fully saturated rings. The van der Waals surface area contributed by atoms with E-state index in [1.807, 2.05) is 18.5 Å². The second-order valence-electron chi connectivity index (χ2n) is 6.17. The van der Waals surface area contributed by atoms with Crippen molar-refractivity contribution in [3.05, 3.63) is 48.0 Å². The quantitative estimate of drug-likeness (QED) is 0.890. The van der Waals surface area contributed by atoms with Gasteiger partial charge in [-0.3, -0.25) is 4.90 Å². The molecule has 4 heteroatoms. The molecule has 0 spiro atoms. The van der Waals surface area contributed by atoms with Crippen LogP contribution in [0.4, 0.5) is 0 Å². The van der Waals surface area contributed by atoms with Gasteiger partial charge in [-0.1, -0.05) is 12.1 Å². The van der Waals surface area contributed by atoms with Crippen LogP contribution in [0, 0.1) is 5.92 Å². The fraction of sp³-hybridized carbons (Fsp3) is 0.500. The van der Waals surface area contributed by atoms with Crippen LogP contribution in [0.25, 0.3) is 0 Å². The highest BCUT2D eigenvalue weighted by molar-refractivity contribution is 5.28. The molecule has 0 radical (unpaired) electrons. The molecule has 0 unspecified atom stereocenters. The van der Waals surface area contributed by atoms with Crippen molar-refractivity contribution in [3.8, 4) is 5.75 Å². The zero-order valence-corrected chi connectivity index (χ0v) is 13.3. The smallest absolute Gasteiger partial charge is 0.120 e. The first-order chi connectivity index (χ1) is 10.8. The number of hydrogen-bond acceptors (Lipinski definition) is 3. The van der Waals surface area contributed by atoms with Crippen molar-refractivity contribution in [1.82, 2.24) is 14.9 Å². The lowest BCUT2D eigenvalue weighted by Gasteiger charge is -2.32. The summed E-state index contributed by atoms with van der Waals surface area (Å²) in [6.45, 7) is 3.32. The predicted molar refractivity (Wildman–Crippen MR) is 87.9 cm³/mol. The Morgan fingerprint density at radius 3 is 3.18 bits per heavy atom. The molecule has 1 aliphatic heterocycles. The predicted octanol–water partition coefficient (Wildman–Crippen LogP) is 3.26. The Balaban J connectivity index is 1.49. The maximum absolute atomic E-state index is 5.30. The fourth-order valence-corrected chi connectivity index (χ4v) is 3.33. The number of rotatable bonds is 6. The lowest BCUT2D eigenvalue weighted by Crippen LogP contribution is -2.35. The monoisotopic (exact) mass is 299 g/mol. The van der Waals surface area contributed by atoms with Gasteiger partial charge in [0.05, 0.1) is 13.7 Å². The number of nitrogens with zero attached hydrogens (tertiary/aromatic N) is 2. The first-order valence-corrected chi connectivity index (χ1v) is 8.17. The van der Waals surface area contributed by atoms with Gasteiger partial charge >= 0.3 is 0 Å². The number of aromatic nitrogens is 2. The largest absolute Gasteiger partial charge is 0.497 e. The summed E-state index contributed by atoms with van der Waals surface area (Å²) < 4.78 is 5.30. The summed E-state index contributed by atoms with van der Waals surface area (Å²) >= 11 is 0. The van der Waals surface area contributed by atoms with Gasteiger partial charge in [0.15, 0.2) is 0 Å². The van der Waals surface area contributed by atoms with Crippen LogP contribution >= 0.6 is 0 Å². The third-order valence-corrected chi connectivity index (χ3v) is 4.51. The van der Waals surface area contributed by atoms with E-state index >= 15 is 0 Å². The molecule has 2 aromatic rings. The summed E-state index contributed by atoms with van der Waals surface area (Å²) in [6.07, 6.45) is 8.76. The van der Waals surface area contributed by atoms with Crippen molar-refractivity contribution in [2.75, 3.05) is 20.2 Å². The number of likely N-dealkylation sites (tertiary alicyclic amines) is 1. The van der Waals surface area contributed by atoms with Crippen molar-refractivity contribution < 1.29 is 4.74 Å². The lowest BCUT2D eigenvalue weighted by atomic mass is 9.91. The van der Waals surface area contributed by atoms with E-state index in [-0.39, 0.29) is 0 Å². The van der Waals surface area contributed by atoms with Crippen molar-refractivity contribution in [1.29, 1.82) is 0 Å². The maximum atomic E-state index is 5.30. The number of nitrogens with one attached hydrogen (secondary N) is 1. The van der Waals surface area contributed by atoms with Gasteiger partial charge in [0.25, 0.3) is 0 Å². The fourth-order valence-electron chi connectivity index (χ4n) is 3.33. The second kappa shape index (κ2) is 7.45. The molecule has 2 heterocycles. The first-order valence-electron chi connectivity index (χ1n) is 8.17. The van der Waals surface area contributed by atoms with Gasteiger partial charge in [0.1, 0.15) is 11.6 Å². The molecule has 1 N–H and O–H groups in total. The minimum Gasteiger partial charge on any atom is -0.497 e. The molecule has 118 valence electrons. The van der Waals surface area contributed by atoms with Crippen LogP contribution in [-0.4, -0.2) is 35.1 Å². The molecule has 0 amide bonds. The minimum absolute atomic E-state index is 0.787. The molecule has 1 aromatic heterocycles. The molecule has 22 heavy (non-hydrogen) atoms. The number of methoxy groups -OCH3 is 1. The van der Waals surface area contributed by atoms with E-state index in [0.29, 0.717) is 0 Å². The van der Waals surface area contributed by atoms with Gasteiger partial charge in [-0.2, -0.15) is 0 Å². The van der Waals surface area contributed by atoms with Gasteiger partial charge in [-0.15, -0.1) is 0 Å². The van der Waals surface area contributed by atoms with Crippen LogP contribution in [0.1, 0.15) is 30.7 Å². The zero-order valence-electron chi connectivity index (χ0n) is 13.3. The van der Waals surface area contributed by atoms with Crippen LogP contribution in [0.3, 0.4) is 0 Å². The average molecular weight is 299 g/mol. The number of piperidine rings is 1. The average Bonchev–Trinajstić information content (AvgIpc) is 3.06. The van der Waals surface area contributed by atoms with E-state index in [4.69, 9.17) is 4.74 Å². The van der Waals surface area contributed by atoms with Crippen molar-refractivity contribution in [2.45, 2.75) is 32.2 Å². The standard InChI is InChI=1S/C18H25N3O/c1-22-17-6-2-4-15(12-17)7-8-16-5-3-11-21(13-16)14-18-19-9-10-20-18/h2,4,6,9-10,12,16H,3,5,7-8,11,13-14H2,1H3,(H,19,20)/t16-/m0/s1. The normalized spacial score (nSPS) is 19.2. The summed E-state index contributed by atoms with van der Waals surface area (Å²) in [5.41, 5.74) is 1.38. The van der Waals surface area contributed by atoms with Gasteiger partial charge in [0.2, 0.25) is 0 Å². The Morgan fingerprint density at radius 1 is 1.41 bits per heavy atom. The minimum atomic E-state index is 0.787. The molecule has 3 rings (SSSR count). The molecule has 1 atom stereocenters. The van der Waals surface area contributed by atoms with Gasteiger partial charge in [0, 0.05) is 18.9 Å². The van der Waals surface area contributed by atoms with Crippen molar-refractivity contribution in [3.63, 3.8) is 0 Å². The number of benzene rings is 1. The zero-order chi connectivity index (χ0) is 15.2. The van der Waals surface area contributed by atoms with Crippen molar-refractivity contribution in [2.24, 2.45) is 5.92 Å². The molecular weight excluding hydrogens is 274 g/mol. The summed E-state index contributed by atoms with van der Waals surface area (Å²) in [6, 6.07) is 8.45. The maximum Gasteiger partial charge on any atom is 0.120 e. The lowest BCUT2D eigenvalue weighted by molar-refractivity contribution is 0.159. The molecule has 0 saturated carbocycles. The number of hydrogen-bond donors (Lipinski definition) is 1. The van der Waals surface area contributed by atoms with E-state index in [1.54, 1.807) is 7.11 Å². The van der Waals surface area contributed by atoms with E-state index in [9.17, 15) is 0 Å². The molecule has 1 saturated heterocycles. The Hall–Kier alpha value is -1.81. The summed E-state index contributed by atoms with van der Waals surface area (Å²) in [4.78, 5) is 10.1. The van der Waals surface area contributed by atoms with Crippen LogP contribution in [-0.2, 0) is 13.0 Å². The number of H-pyrrole nitrogens is 1. The molecular formula is C18H25N3O. The molecule has 0 bridgehead atoms. The summed E-state index contributed by atoms with van der Waals surface area (Å²) in [5, 5.41) is 0. The third-order valence-electron chi connectivity index (χ3n) is 4.51. The third kappa shape index (κ3) is 4.10. The number of ether oxygens (including phenoxy) is 1. The van der Waals surface area contributed by atoms with E-state index in [2.05, 4.69) is 33.1 Å². The molecule has 4 nitrogen and oxygen atoms in total. The van der Waals surface area contributed by atoms with Crippen LogP contribution in [0.2, 0.25) is 0 Å². The number of aromatic amines is 1. The Labute approximate surface area is 132 Å². The summed E-state index contributed by atoms with van der Waals surface area (Å²) in [5.74, 6) is 2.82. The Kier molecular flexibility index (Phi) is 5.11. The molecule has 0 aliphatic carbocycles. The van der Waals surface area contributed by atoms with E-state index in [0.717, 1.165) is 30.5 Å². The number of imidazole rings is 1. The van der Waals surface area contributed by atoms with Crippen LogP contribution in [0.15, 0.2) is 36.7 Å². The highest BCUT2D eigenvalue weighted by atomic mass is 16.5. The van der Waals surface area contributed by atoms with Gasteiger partial charge in [-0.25, -0.2) is 4.98 Å². The van der Waals surface area contributed by atoms with E-state index < -0.39 is 0 Å². The highest BCUT2D eigenvalue weighted by Gasteiger charge is 2.20. The van der Waals surface area contributed by atoms with Crippen molar-refractivity contribution >= 4 is 0 Å².